The van der Waals surface area contributed by atoms with Gasteiger partial charge in [-0.2, -0.15) is 5.10 Å². The van der Waals surface area contributed by atoms with E-state index < -0.39 is 5.82 Å². The number of halogens is 3. The molecule has 0 radical (unpaired) electrons. The van der Waals surface area contributed by atoms with E-state index in [1.807, 2.05) is 12.3 Å². The number of nitrogens with zero attached hydrogens (tertiary/aromatic N) is 4. The quantitative estimate of drug-likeness (QED) is 0.217. The molecule has 1 aromatic carbocycles. The topological polar surface area (TPSA) is 116 Å². The molecule has 1 fully saturated rings. The third-order valence-electron chi connectivity index (χ3n) is 6.53. The number of methoxy groups -OCH3 is 1. The van der Waals surface area contributed by atoms with Gasteiger partial charge >= 0.3 is 0 Å². The summed E-state index contributed by atoms with van der Waals surface area (Å²) in [7, 11) is 1.55. The third-order valence-corrected chi connectivity index (χ3v) is 7.15. The highest BCUT2D eigenvalue weighted by molar-refractivity contribution is 6.33. The lowest BCUT2D eigenvalue weighted by Gasteiger charge is -2.28. The molecule has 1 aliphatic carbocycles. The van der Waals surface area contributed by atoms with E-state index in [1.54, 1.807) is 30.1 Å². The van der Waals surface area contributed by atoms with E-state index >= 15 is 0 Å². The van der Waals surface area contributed by atoms with Crippen LogP contribution in [-0.2, 0) is 0 Å². The predicted molar refractivity (Wildman–Crippen MR) is 146 cm³/mol. The number of hydrogen-bond donors (Lipinski definition) is 3. The molecule has 1 aliphatic rings. The highest BCUT2D eigenvalue weighted by Crippen LogP contribution is 2.35. The smallest absolute Gasteiger partial charge is 0.213 e. The van der Waals surface area contributed by atoms with Crippen LogP contribution in [0.1, 0.15) is 31.2 Å². The Morgan fingerprint density at radius 2 is 1.92 bits per heavy atom. The van der Waals surface area contributed by atoms with Gasteiger partial charge in [0.2, 0.25) is 5.88 Å². The number of aromatic nitrogens is 3. The first-order valence-electron chi connectivity index (χ1n) is 11.9. The van der Waals surface area contributed by atoms with Crippen LogP contribution in [0.3, 0.4) is 0 Å². The normalized spacial score (nSPS) is 18.2. The van der Waals surface area contributed by atoms with Gasteiger partial charge in [0, 0.05) is 41.5 Å². The monoisotopic (exact) mass is 541 g/mol. The largest absolute Gasteiger partial charge is 0.481 e. The van der Waals surface area contributed by atoms with E-state index in [1.165, 1.54) is 18.2 Å². The van der Waals surface area contributed by atoms with Gasteiger partial charge in [0.25, 0.3) is 0 Å². The SMILES string of the molecule is COc1cc(-c2cc3c(NC4CCC(N)CC4)c(C(N)=Nc4cc(F)ccc4Cl)cnn3c2)c(Cl)cn1. The second kappa shape index (κ2) is 10.5. The summed E-state index contributed by atoms with van der Waals surface area (Å²) in [5.41, 5.74) is 16.5. The molecule has 1 saturated carbocycles. The average Bonchev–Trinajstić information content (AvgIpc) is 3.32. The van der Waals surface area contributed by atoms with Crippen LogP contribution in [0.15, 0.2) is 53.9 Å². The molecule has 192 valence electrons. The zero-order valence-electron chi connectivity index (χ0n) is 20.1. The number of pyridine rings is 1. The molecule has 0 bridgehead atoms. The summed E-state index contributed by atoms with van der Waals surface area (Å²) < 4.78 is 20.9. The summed E-state index contributed by atoms with van der Waals surface area (Å²) in [5, 5.41) is 8.99. The minimum Gasteiger partial charge on any atom is -0.481 e. The van der Waals surface area contributed by atoms with E-state index in [-0.39, 0.29) is 23.6 Å². The first-order chi connectivity index (χ1) is 17.8. The number of fused-ring (bicyclic) bond motifs is 1. The maximum Gasteiger partial charge on any atom is 0.213 e. The van der Waals surface area contributed by atoms with Gasteiger partial charge in [0.1, 0.15) is 11.7 Å². The lowest BCUT2D eigenvalue weighted by Crippen LogP contribution is -2.33. The zero-order chi connectivity index (χ0) is 26.1. The summed E-state index contributed by atoms with van der Waals surface area (Å²) in [4.78, 5) is 8.59. The minimum atomic E-state index is -0.456. The van der Waals surface area contributed by atoms with Crippen molar-refractivity contribution < 1.29 is 9.13 Å². The number of rotatable bonds is 6. The lowest BCUT2D eigenvalue weighted by atomic mass is 9.91. The van der Waals surface area contributed by atoms with Crippen LogP contribution in [0, 0.1) is 5.82 Å². The van der Waals surface area contributed by atoms with E-state index in [0.29, 0.717) is 21.5 Å². The lowest BCUT2D eigenvalue weighted by molar-refractivity contribution is 0.398. The molecule has 37 heavy (non-hydrogen) atoms. The van der Waals surface area contributed by atoms with Crippen molar-refractivity contribution in [3.63, 3.8) is 0 Å². The molecule has 0 amide bonds. The summed E-state index contributed by atoms with van der Waals surface area (Å²) >= 11 is 12.7. The zero-order valence-corrected chi connectivity index (χ0v) is 21.6. The number of nitrogens with two attached hydrogens (primary N) is 2. The van der Waals surface area contributed by atoms with Crippen molar-refractivity contribution in [2.24, 2.45) is 16.5 Å². The van der Waals surface area contributed by atoms with Crippen LogP contribution in [0.5, 0.6) is 5.88 Å². The molecule has 0 unspecified atom stereocenters. The van der Waals surface area contributed by atoms with Gasteiger partial charge in [-0.25, -0.2) is 18.9 Å². The predicted octanol–water partition coefficient (Wildman–Crippen LogP) is 5.57. The molecular formula is C26H26Cl2FN7O. The fraction of sp³-hybridized carbons (Fsp3) is 0.269. The average molecular weight is 542 g/mol. The van der Waals surface area contributed by atoms with Gasteiger partial charge in [-0.3, -0.25) is 0 Å². The van der Waals surface area contributed by atoms with Crippen molar-refractivity contribution in [3.8, 4) is 17.0 Å². The number of benzene rings is 1. The molecular weight excluding hydrogens is 516 g/mol. The van der Waals surface area contributed by atoms with Gasteiger partial charge in [-0.15, -0.1) is 0 Å². The van der Waals surface area contributed by atoms with E-state index in [2.05, 4.69) is 20.4 Å². The van der Waals surface area contributed by atoms with Crippen molar-refractivity contribution >= 4 is 45.9 Å². The Morgan fingerprint density at radius 3 is 2.68 bits per heavy atom. The second-order valence-electron chi connectivity index (χ2n) is 9.05. The van der Waals surface area contributed by atoms with E-state index in [0.717, 1.165) is 48.0 Å². The van der Waals surface area contributed by atoms with Crippen LogP contribution >= 0.6 is 23.2 Å². The van der Waals surface area contributed by atoms with Gasteiger partial charge in [-0.1, -0.05) is 23.2 Å². The van der Waals surface area contributed by atoms with Crippen molar-refractivity contribution in [2.45, 2.75) is 37.8 Å². The number of hydrogen-bond acceptors (Lipinski definition) is 6. The molecule has 3 aromatic heterocycles. The molecule has 3 heterocycles. The number of ether oxygens (including phenoxy) is 1. The first kappa shape index (κ1) is 25.3. The molecule has 11 heteroatoms. The fourth-order valence-electron chi connectivity index (χ4n) is 4.53. The van der Waals surface area contributed by atoms with E-state index in [9.17, 15) is 4.39 Å². The van der Waals surface area contributed by atoms with Crippen LogP contribution in [0.2, 0.25) is 10.0 Å². The Labute approximate surface area is 223 Å². The maximum atomic E-state index is 13.8. The Hall–Kier alpha value is -3.40. The van der Waals surface area contributed by atoms with Crippen LogP contribution in [0.4, 0.5) is 15.8 Å². The Morgan fingerprint density at radius 1 is 1.14 bits per heavy atom. The summed E-state index contributed by atoms with van der Waals surface area (Å²) in [6.07, 6.45) is 8.75. The van der Waals surface area contributed by atoms with Crippen molar-refractivity contribution in [3.05, 3.63) is 70.3 Å². The molecule has 0 spiro atoms. The Kier molecular flexibility index (Phi) is 7.19. The van der Waals surface area contributed by atoms with Crippen molar-refractivity contribution in [1.82, 2.24) is 14.6 Å². The van der Waals surface area contributed by atoms with Crippen LogP contribution in [-0.4, -0.2) is 39.6 Å². The van der Waals surface area contributed by atoms with E-state index in [4.69, 9.17) is 39.4 Å². The Bertz CT molecular complexity index is 1480. The Balaban J connectivity index is 1.63. The maximum absolute atomic E-state index is 13.8. The van der Waals surface area contributed by atoms with Gasteiger partial charge < -0.3 is 21.5 Å². The van der Waals surface area contributed by atoms with Crippen molar-refractivity contribution in [1.29, 1.82) is 0 Å². The molecule has 0 saturated heterocycles. The summed E-state index contributed by atoms with van der Waals surface area (Å²) in [6, 6.07) is 8.10. The first-order valence-corrected chi connectivity index (χ1v) is 12.6. The number of anilines is 1. The molecule has 0 aliphatic heterocycles. The van der Waals surface area contributed by atoms with Gasteiger partial charge in [0.05, 0.1) is 52.0 Å². The number of aliphatic imine (C=N–C) groups is 1. The molecule has 4 aromatic rings. The molecule has 5 rings (SSSR count). The van der Waals surface area contributed by atoms with Crippen LogP contribution in [0.25, 0.3) is 16.6 Å². The standard InChI is InChI=1S/C26H26Cl2FN7O/c1-37-24-10-18(21(28)12-32-24)14-8-23-25(34-17-5-3-16(30)4-6-17)19(11-33-36(23)13-14)26(31)35-22-9-15(29)2-7-20(22)27/h2,7-13,16-17,34H,3-6,30H2,1H3,(H2,31,35). The highest BCUT2D eigenvalue weighted by atomic mass is 35.5. The van der Waals surface area contributed by atoms with Crippen molar-refractivity contribution in [2.75, 3.05) is 12.4 Å². The minimum absolute atomic E-state index is 0.156. The summed E-state index contributed by atoms with van der Waals surface area (Å²) in [6.45, 7) is 0. The number of nitrogens with one attached hydrogen (secondary N) is 1. The number of amidine groups is 1. The second-order valence-corrected chi connectivity index (χ2v) is 9.86. The summed E-state index contributed by atoms with van der Waals surface area (Å²) in [5.74, 6) is 0.148. The molecule has 5 N–H and O–H groups in total. The molecule has 8 nitrogen and oxygen atoms in total. The fourth-order valence-corrected chi connectivity index (χ4v) is 4.90. The molecule has 0 atom stereocenters. The third kappa shape index (κ3) is 5.34. The highest BCUT2D eigenvalue weighted by Gasteiger charge is 2.23. The van der Waals surface area contributed by atoms with Gasteiger partial charge in [0.15, 0.2) is 0 Å². The van der Waals surface area contributed by atoms with Crippen LogP contribution < -0.4 is 21.5 Å². The van der Waals surface area contributed by atoms with Gasteiger partial charge in [-0.05, 0) is 43.9 Å².